The summed E-state index contributed by atoms with van der Waals surface area (Å²) >= 11 is 0. The van der Waals surface area contributed by atoms with Gasteiger partial charge in [0.1, 0.15) is 5.75 Å². The molecule has 1 atom stereocenters. The Hall–Kier alpha value is -1.91. The molecule has 18 heavy (non-hydrogen) atoms. The summed E-state index contributed by atoms with van der Waals surface area (Å²) in [5.41, 5.74) is 0.410. The highest BCUT2D eigenvalue weighted by Crippen LogP contribution is 2.26. The van der Waals surface area contributed by atoms with Crippen molar-refractivity contribution in [1.82, 2.24) is 0 Å². The number of benzene rings is 1. The lowest BCUT2D eigenvalue weighted by Crippen LogP contribution is -2.40. The van der Waals surface area contributed by atoms with Crippen LogP contribution in [0.5, 0.6) is 5.75 Å². The Labute approximate surface area is 105 Å². The highest BCUT2D eigenvalue weighted by Gasteiger charge is 2.37. The predicted molar refractivity (Wildman–Crippen MR) is 66.3 cm³/mol. The van der Waals surface area contributed by atoms with Gasteiger partial charge in [0.25, 0.3) is 0 Å². The summed E-state index contributed by atoms with van der Waals surface area (Å²) in [6.07, 6.45) is 5.79. The molecule has 0 saturated carbocycles. The second-order valence-corrected chi connectivity index (χ2v) is 4.10. The molecule has 1 unspecified atom stereocenters. The number of Topliss-reactive ketones (excluding diaryl/α,β-unsaturated/α-hetero) is 1. The first-order valence-electron chi connectivity index (χ1n) is 5.53. The fraction of sp³-hybridized carbons (Fsp3) is 0.214. The van der Waals surface area contributed by atoms with E-state index < -0.39 is 11.7 Å². The van der Waals surface area contributed by atoms with Crippen molar-refractivity contribution in [1.29, 1.82) is 0 Å². The van der Waals surface area contributed by atoms with Crippen molar-refractivity contribution in [3.8, 4) is 5.75 Å². The third-order valence-electron chi connectivity index (χ3n) is 2.87. The van der Waals surface area contributed by atoms with E-state index in [-0.39, 0.29) is 5.78 Å². The molecule has 0 heterocycles. The molecule has 0 aliphatic heterocycles. The summed E-state index contributed by atoms with van der Waals surface area (Å²) in [5, 5.41) is 19.5. The number of hydrogen-bond donors (Lipinski definition) is 2. The standard InChI is InChI=1S/C14H14O4/c1-18-11-7-5-10(6-8-11)13(15)12-4-2-3-9-14(12,16)17/h2-9,12,16-17H,1H3. The molecule has 4 heteroatoms. The summed E-state index contributed by atoms with van der Waals surface area (Å²) < 4.78 is 5.00. The fourth-order valence-corrected chi connectivity index (χ4v) is 1.83. The average molecular weight is 246 g/mol. The smallest absolute Gasteiger partial charge is 0.196 e. The summed E-state index contributed by atoms with van der Waals surface area (Å²) in [5.74, 6) is -2.82. The second kappa shape index (κ2) is 4.76. The Kier molecular flexibility index (Phi) is 3.32. The van der Waals surface area contributed by atoms with Crippen molar-refractivity contribution < 1.29 is 19.7 Å². The minimum Gasteiger partial charge on any atom is -0.497 e. The molecule has 0 saturated heterocycles. The van der Waals surface area contributed by atoms with Gasteiger partial charge < -0.3 is 14.9 Å². The van der Waals surface area contributed by atoms with Gasteiger partial charge in [-0.3, -0.25) is 4.79 Å². The molecular weight excluding hydrogens is 232 g/mol. The van der Waals surface area contributed by atoms with Gasteiger partial charge in [0.2, 0.25) is 0 Å². The van der Waals surface area contributed by atoms with Crippen LogP contribution in [0.2, 0.25) is 0 Å². The molecule has 0 aromatic heterocycles. The van der Waals surface area contributed by atoms with Crippen molar-refractivity contribution in [2.24, 2.45) is 5.92 Å². The minimum absolute atomic E-state index is 0.344. The normalized spacial score (nSPS) is 20.7. The molecule has 0 spiro atoms. The Balaban J connectivity index is 2.25. The van der Waals surface area contributed by atoms with E-state index in [2.05, 4.69) is 0 Å². The average Bonchev–Trinajstić information content (AvgIpc) is 2.37. The van der Waals surface area contributed by atoms with E-state index in [1.165, 1.54) is 25.3 Å². The predicted octanol–water partition coefficient (Wildman–Crippen LogP) is 1.30. The molecule has 1 aromatic carbocycles. The van der Waals surface area contributed by atoms with Gasteiger partial charge in [-0.1, -0.05) is 18.2 Å². The number of carbonyl (C=O) groups is 1. The van der Waals surface area contributed by atoms with Gasteiger partial charge >= 0.3 is 0 Å². The van der Waals surface area contributed by atoms with Gasteiger partial charge in [0, 0.05) is 5.56 Å². The maximum absolute atomic E-state index is 12.2. The molecule has 0 radical (unpaired) electrons. The van der Waals surface area contributed by atoms with Crippen LogP contribution in [0.3, 0.4) is 0 Å². The monoisotopic (exact) mass is 246 g/mol. The summed E-state index contributed by atoms with van der Waals surface area (Å²) in [4.78, 5) is 12.2. The van der Waals surface area contributed by atoms with E-state index in [4.69, 9.17) is 4.74 Å². The molecule has 2 N–H and O–H groups in total. The van der Waals surface area contributed by atoms with Gasteiger partial charge in [0.15, 0.2) is 11.6 Å². The quantitative estimate of drug-likeness (QED) is 0.623. The highest BCUT2D eigenvalue weighted by molar-refractivity contribution is 6.00. The van der Waals surface area contributed by atoms with Crippen molar-refractivity contribution in [2.45, 2.75) is 5.79 Å². The lowest BCUT2D eigenvalue weighted by atomic mass is 9.87. The van der Waals surface area contributed by atoms with Crippen LogP contribution in [0.1, 0.15) is 10.4 Å². The van der Waals surface area contributed by atoms with Crippen LogP contribution in [0, 0.1) is 5.92 Å². The Morgan fingerprint density at radius 1 is 1.22 bits per heavy atom. The maximum Gasteiger partial charge on any atom is 0.196 e. The molecule has 2 rings (SSSR count). The van der Waals surface area contributed by atoms with E-state index in [0.29, 0.717) is 11.3 Å². The van der Waals surface area contributed by atoms with Crippen LogP contribution >= 0.6 is 0 Å². The van der Waals surface area contributed by atoms with Crippen molar-refractivity contribution >= 4 is 5.78 Å². The number of allylic oxidation sites excluding steroid dienone is 2. The van der Waals surface area contributed by atoms with E-state index in [1.807, 2.05) is 0 Å². The third-order valence-corrected chi connectivity index (χ3v) is 2.87. The summed E-state index contributed by atoms with van der Waals surface area (Å²) in [6, 6.07) is 6.52. The van der Waals surface area contributed by atoms with Gasteiger partial charge in [0.05, 0.1) is 13.0 Å². The molecule has 0 bridgehead atoms. The van der Waals surface area contributed by atoms with Crippen molar-refractivity contribution in [2.75, 3.05) is 7.11 Å². The minimum atomic E-state index is -2.13. The van der Waals surface area contributed by atoms with Crippen LogP contribution in [0.15, 0.2) is 48.6 Å². The van der Waals surface area contributed by atoms with Crippen LogP contribution in [-0.4, -0.2) is 28.9 Å². The molecule has 0 fully saturated rings. The molecule has 1 aromatic rings. The molecular formula is C14H14O4. The first-order chi connectivity index (χ1) is 8.54. The van der Waals surface area contributed by atoms with Crippen LogP contribution in [0.25, 0.3) is 0 Å². The summed E-state index contributed by atoms with van der Waals surface area (Å²) in [6.45, 7) is 0. The molecule has 1 aliphatic rings. The van der Waals surface area contributed by atoms with Gasteiger partial charge in [-0.2, -0.15) is 0 Å². The number of ether oxygens (including phenoxy) is 1. The topological polar surface area (TPSA) is 66.8 Å². The Morgan fingerprint density at radius 2 is 1.89 bits per heavy atom. The molecule has 1 aliphatic carbocycles. The number of carbonyl (C=O) groups excluding carboxylic acids is 1. The molecule has 0 amide bonds. The zero-order chi connectivity index (χ0) is 13.2. The van der Waals surface area contributed by atoms with E-state index in [1.54, 1.807) is 30.3 Å². The van der Waals surface area contributed by atoms with Gasteiger partial charge in [-0.15, -0.1) is 0 Å². The largest absolute Gasteiger partial charge is 0.497 e. The lowest BCUT2D eigenvalue weighted by molar-refractivity contribution is -0.136. The number of methoxy groups -OCH3 is 1. The maximum atomic E-state index is 12.2. The Morgan fingerprint density at radius 3 is 2.44 bits per heavy atom. The van der Waals surface area contributed by atoms with Gasteiger partial charge in [-0.25, -0.2) is 0 Å². The second-order valence-electron chi connectivity index (χ2n) is 4.10. The zero-order valence-corrected chi connectivity index (χ0v) is 9.91. The Bertz CT molecular complexity index is 497. The number of aliphatic hydroxyl groups is 2. The van der Waals surface area contributed by atoms with E-state index in [9.17, 15) is 15.0 Å². The number of ketones is 1. The third kappa shape index (κ3) is 2.34. The van der Waals surface area contributed by atoms with Crippen molar-refractivity contribution in [3.63, 3.8) is 0 Å². The van der Waals surface area contributed by atoms with E-state index >= 15 is 0 Å². The first-order valence-corrected chi connectivity index (χ1v) is 5.53. The van der Waals surface area contributed by atoms with E-state index in [0.717, 1.165) is 0 Å². The fourth-order valence-electron chi connectivity index (χ4n) is 1.83. The SMILES string of the molecule is COc1ccc(C(=O)C2C=CC=CC2(O)O)cc1. The number of rotatable bonds is 3. The summed E-state index contributed by atoms with van der Waals surface area (Å²) in [7, 11) is 1.54. The highest BCUT2D eigenvalue weighted by atomic mass is 16.5. The van der Waals surface area contributed by atoms with Crippen LogP contribution in [0.4, 0.5) is 0 Å². The molecule has 4 nitrogen and oxygen atoms in total. The first kappa shape index (κ1) is 12.5. The number of hydrogen-bond acceptors (Lipinski definition) is 4. The van der Waals surface area contributed by atoms with Crippen LogP contribution < -0.4 is 4.74 Å². The van der Waals surface area contributed by atoms with Crippen LogP contribution in [-0.2, 0) is 0 Å². The van der Waals surface area contributed by atoms with Gasteiger partial charge in [-0.05, 0) is 30.3 Å². The zero-order valence-electron chi connectivity index (χ0n) is 9.91. The molecule has 94 valence electrons. The van der Waals surface area contributed by atoms with Crippen molar-refractivity contribution in [3.05, 3.63) is 54.1 Å². The lowest BCUT2D eigenvalue weighted by Gasteiger charge is -2.27.